The lowest BCUT2D eigenvalue weighted by Gasteiger charge is -2.10. The van der Waals surface area contributed by atoms with Crippen molar-refractivity contribution in [3.8, 4) is 0 Å². The highest BCUT2D eigenvalue weighted by atomic mass is 79.9. The molecule has 8 heteroatoms. The Bertz CT molecular complexity index is 742. The number of nitrogens with zero attached hydrogens (tertiary/aromatic N) is 2. The van der Waals surface area contributed by atoms with E-state index in [1.165, 1.54) is 12.3 Å². The standard InChI is InChI=1S/C12H13BrN4O2S/c1-7-3-8(2)16-11(4-7)17-20(18,19)10-5-9(13)6-15-12(10)14/h3-6H,1-2H3,(H2,14,15)(H,16,17). The van der Waals surface area contributed by atoms with Crippen LogP contribution >= 0.6 is 15.9 Å². The predicted octanol–water partition coefficient (Wildman–Crippen LogP) is 2.24. The Morgan fingerprint density at radius 2 is 1.95 bits per heavy atom. The highest BCUT2D eigenvalue weighted by Crippen LogP contribution is 2.23. The third-order valence-corrected chi connectivity index (χ3v) is 4.29. The van der Waals surface area contributed by atoms with Gasteiger partial charge in [-0.15, -0.1) is 0 Å². The summed E-state index contributed by atoms with van der Waals surface area (Å²) in [5.41, 5.74) is 7.26. The van der Waals surface area contributed by atoms with E-state index in [9.17, 15) is 8.42 Å². The Labute approximate surface area is 125 Å². The molecule has 0 unspecified atom stereocenters. The number of halogens is 1. The summed E-state index contributed by atoms with van der Waals surface area (Å²) in [6.07, 6.45) is 1.43. The van der Waals surface area contributed by atoms with E-state index in [4.69, 9.17) is 5.73 Å². The zero-order valence-corrected chi connectivity index (χ0v) is 13.3. The van der Waals surface area contributed by atoms with Crippen molar-refractivity contribution in [2.75, 3.05) is 10.5 Å². The molecule has 106 valence electrons. The summed E-state index contributed by atoms with van der Waals surface area (Å²) in [5.74, 6) is 0.187. The van der Waals surface area contributed by atoms with Crippen LogP contribution in [0.4, 0.5) is 11.6 Å². The Kier molecular flexibility index (Phi) is 3.96. The predicted molar refractivity (Wildman–Crippen MR) is 80.9 cm³/mol. The lowest BCUT2D eigenvalue weighted by Crippen LogP contribution is -2.16. The molecule has 0 bridgehead atoms. The normalized spacial score (nSPS) is 11.3. The summed E-state index contributed by atoms with van der Waals surface area (Å²) in [6.45, 7) is 3.65. The largest absolute Gasteiger partial charge is 0.383 e. The summed E-state index contributed by atoms with van der Waals surface area (Å²) in [7, 11) is -3.83. The number of aryl methyl sites for hydroxylation is 2. The van der Waals surface area contributed by atoms with Gasteiger partial charge in [0.1, 0.15) is 16.5 Å². The van der Waals surface area contributed by atoms with Crippen LogP contribution in [-0.4, -0.2) is 18.4 Å². The monoisotopic (exact) mass is 356 g/mol. The average molecular weight is 357 g/mol. The summed E-state index contributed by atoms with van der Waals surface area (Å²) in [6, 6.07) is 4.90. The van der Waals surface area contributed by atoms with Gasteiger partial charge in [0.2, 0.25) is 0 Å². The molecule has 0 saturated carbocycles. The van der Waals surface area contributed by atoms with Gasteiger partial charge in [0.25, 0.3) is 10.0 Å². The van der Waals surface area contributed by atoms with Crippen LogP contribution in [-0.2, 0) is 10.0 Å². The quantitative estimate of drug-likeness (QED) is 0.878. The molecule has 3 N–H and O–H groups in total. The molecule has 0 aliphatic carbocycles. The molecule has 2 rings (SSSR count). The molecular formula is C12H13BrN4O2S. The Hall–Kier alpha value is -1.67. The number of aromatic nitrogens is 2. The minimum absolute atomic E-state index is 0.0647. The van der Waals surface area contributed by atoms with Crippen molar-refractivity contribution in [1.29, 1.82) is 0 Å². The average Bonchev–Trinajstić information content (AvgIpc) is 2.30. The molecule has 0 saturated heterocycles. The molecule has 0 atom stereocenters. The van der Waals surface area contributed by atoms with Crippen molar-refractivity contribution in [1.82, 2.24) is 9.97 Å². The molecule has 0 amide bonds. The Morgan fingerprint density at radius 1 is 1.25 bits per heavy atom. The van der Waals surface area contributed by atoms with Crippen LogP contribution in [0.2, 0.25) is 0 Å². The molecule has 20 heavy (non-hydrogen) atoms. The number of sulfonamides is 1. The topological polar surface area (TPSA) is 98.0 Å². The minimum Gasteiger partial charge on any atom is -0.383 e. The number of nitrogen functional groups attached to an aromatic ring is 1. The van der Waals surface area contributed by atoms with E-state index in [-0.39, 0.29) is 16.5 Å². The first kappa shape index (κ1) is 14.7. The van der Waals surface area contributed by atoms with Gasteiger partial charge in [-0.1, -0.05) is 0 Å². The van der Waals surface area contributed by atoms with Crippen molar-refractivity contribution >= 4 is 37.6 Å². The van der Waals surface area contributed by atoms with Crippen LogP contribution in [0.5, 0.6) is 0 Å². The summed E-state index contributed by atoms with van der Waals surface area (Å²) in [4.78, 5) is 7.86. The molecule has 2 aromatic heterocycles. The van der Waals surface area contributed by atoms with Crippen molar-refractivity contribution in [3.63, 3.8) is 0 Å². The van der Waals surface area contributed by atoms with Crippen molar-refractivity contribution in [3.05, 3.63) is 40.1 Å². The van der Waals surface area contributed by atoms with E-state index in [2.05, 4.69) is 30.6 Å². The first-order valence-corrected chi connectivity index (χ1v) is 7.95. The van der Waals surface area contributed by atoms with Gasteiger partial charge < -0.3 is 5.73 Å². The van der Waals surface area contributed by atoms with Gasteiger partial charge in [-0.05, 0) is 53.5 Å². The second kappa shape index (κ2) is 5.37. The van der Waals surface area contributed by atoms with Crippen LogP contribution in [0.3, 0.4) is 0 Å². The molecule has 6 nitrogen and oxygen atoms in total. The van der Waals surface area contributed by atoms with Gasteiger partial charge in [0.15, 0.2) is 0 Å². The second-order valence-electron chi connectivity index (χ2n) is 4.31. The highest BCUT2D eigenvalue weighted by Gasteiger charge is 2.19. The van der Waals surface area contributed by atoms with Crippen molar-refractivity contribution in [2.24, 2.45) is 0 Å². The Morgan fingerprint density at radius 3 is 2.60 bits per heavy atom. The maximum absolute atomic E-state index is 12.3. The molecule has 0 aliphatic heterocycles. The fraction of sp³-hybridized carbons (Fsp3) is 0.167. The number of rotatable bonds is 3. The smallest absolute Gasteiger partial charge is 0.266 e. The third kappa shape index (κ3) is 3.26. The number of hydrogen-bond acceptors (Lipinski definition) is 5. The van der Waals surface area contributed by atoms with E-state index in [0.717, 1.165) is 11.3 Å². The summed E-state index contributed by atoms with van der Waals surface area (Å²) >= 11 is 3.17. The van der Waals surface area contributed by atoms with Crippen LogP contribution in [0, 0.1) is 13.8 Å². The molecule has 0 aromatic carbocycles. The SMILES string of the molecule is Cc1cc(C)nc(NS(=O)(=O)c2cc(Br)cnc2N)c1. The van der Waals surface area contributed by atoms with Crippen LogP contribution in [0.15, 0.2) is 33.8 Å². The zero-order valence-electron chi connectivity index (χ0n) is 10.9. The maximum Gasteiger partial charge on any atom is 0.266 e. The van der Waals surface area contributed by atoms with E-state index >= 15 is 0 Å². The van der Waals surface area contributed by atoms with Gasteiger partial charge in [-0.3, -0.25) is 4.72 Å². The van der Waals surface area contributed by atoms with E-state index < -0.39 is 10.0 Å². The van der Waals surface area contributed by atoms with E-state index in [1.54, 1.807) is 13.0 Å². The summed E-state index contributed by atoms with van der Waals surface area (Å²) < 4.78 is 27.5. The molecule has 0 spiro atoms. The second-order valence-corrected chi connectivity index (χ2v) is 6.88. The van der Waals surface area contributed by atoms with Gasteiger partial charge in [-0.25, -0.2) is 18.4 Å². The van der Waals surface area contributed by atoms with Gasteiger partial charge in [0.05, 0.1) is 0 Å². The zero-order chi connectivity index (χ0) is 14.9. The van der Waals surface area contributed by atoms with Gasteiger partial charge in [0, 0.05) is 16.4 Å². The van der Waals surface area contributed by atoms with Crippen LogP contribution < -0.4 is 10.5 Å². The maximum atomic E-state index is 12.3. The number of nitrogens with one attached hydrogen (secondary N) is 1. The fourth-order valence-corrected chi connectivity index (χ4v) is 3.32. The van der Waals surface area contributed by atoms with E-state index in [0.29, 0.717) is 4.47 Å². The van der Waals surface area contributed by atoms with E-state index in [1.807, 2.05) is 13.0 Å². The van der Waals surface area contributed by atoms with Crippen LogP contribution in [0.1, 0.15) is 11.3 Å². The first-order chi connectivity index (χ1) is 9.28. The Balaban J connectivity index is 2.43. The minimum atomic E-state index is -3.83. The molecular weight excluding hydrogens is 344 g/mol. The summed E-state index contributed by atoms with van der Waals surface area (Å²) in [5, 5.41) is 0. The fourth-order valence-electron chi connectivity index (χ4n) is 1.73. The van der Waals surface area contributed by atoms with Crippen LogP contribution in [0.25, 0.3) is 0 Å². The number of hydrogen-bond donors (Lipinski definition) is 2. The highest BCUT2D eigenvalue weighted by molar-refractivity contribution is 9.10. The van der Waals surface area contributed by atoms with Gasteiger partial charge >= 0.3 is 0 Å². The number of nitrogens with two attached hydrogens (primary N) is 1. The number of pyridine rings is 2. The number of anilines is 2. The lowest BCUT2D eigenvalue weighted by atomic mass is 10.2. The van der Waals surface area contributed by atoms with Gasteiger partial charge in [-0.2, -0.15) is 0 Å². The first-order valence-electron chi connectivity index (χ1n) is 5.67. The van der Waals surface area contributed by atoms with Crippen molar-refractivity contribution < 1.29 is 8.42 Å². The molecule has 2 aromatic rings. The lowest BCUT2D eigenvalue weighted by molar-refractivity contribution is 0.601. The molecule has 0 fully saturated rings. The molecule has 0 aliphatic rings. The third-order valence-electron chi connectivity index (χ3n) is 2.47. The molecule has 0 radical (unpaired) electrons. The molecule has 2 heterocycles. The van der Waals surface area contributed by atoms with Crippen molar-refractivity contribution in [2.45, 2.75) is 18.7 Å².